The molecule has 0 saturated heterocycles. The number of ether oxygens (including phenoxy) is 1. The van der Waals surface area contributed by atoms with Crippen LogP contribution in [-0.4, -0.2) is 18.0 Å². The first-order chi connectivity index (χ1) is 14.0. The second-order valence-electron chi connectivity index (χ2n) is 6.20. The number of methoxy groups -OCH3 is 1. The first-order valence-corrected chi connectivity index (χ1v) is 9.75. The van der Waals surface area contributed by atoms with Crippen molar-refractivity contribution in [1.29, 1.82) is 0 Å². The van der Waals surface area contributed by atoms with Gasteiger partial charge in [0, 0.05) is 10.9 Å². The lowest BCUT2D eigenvalue weighted by molar-refractivity contribution is 0.103. The summed E-state index contributed by atoms with van der Waals surface area (Å²) >= 11 is 7.17. The zero-order chi connectivity index (χ0) is 20.5. The van der Waals surface area contributed by atoms with E-state index in [1.54, 1.807) is 7.11 Å². The van der Waals surface area contributed by atoms with Crippen LogP contribution in [-0.2, 0) is 0 Å². The summed E-state index contributed by atoms with van der Waals surface area (Å²) < 4.78 is 18.5. The van der Waals surface area contributed by atoms with E-state index >= 15 is 0 Å². The number of nitrogens with one attached hydrogen (secondary N) is 1. The van der Waals surface area contributed by atoms with Gasteiger partial charge in [0.25, 0.3) is 5.91 Å². The monoisotopic (exact) mass is 427 g/mol. The van der Waals surface area contributed by atoms with Crippen molar-refractivity contribution < 1.29 is 13.9 Å². The number of pyridine rings is 1. The predicted molar refractivity (Wildman–Crippen MR) is 115 cm³/mol. The summed E-state index contributed by atoms with van der Waals surface area (Å²) in [7, 11) is 1.61. The second kappa shape index (κ2) is 7.69. The molecule has 8 heteroatoms. The fourth-order valence-corrected chi connectivity index (χ4v) is 4.08. The second-order valence-corrected chi connectivity index (χ2v) is 7.61. The van der Waals surface area contributed by atoms with Crippen LogP contribution in [0.3, 0.4) is 0 Å². The highest BCUT2D eigenvalue weighted by Crippen LogP contribution is 2.35. The summed E-state index contributed by atoms with van der Waals surface area (Å²) in [6, 6.07) is 15.0. The maximum Gasteiger partial charge on any atom is 0.267 e. The molecule has 3 N–H and O–H groups in total. The smallest absolute Gasteiger partial charge is 0.267 e. The number of thiophene rings is 1. The zero-order valence-electron chi connectivity index (χ0n) is 15.2. The largest absolute Gasteiger partial charge is 0.497 e. The van der Waals surface area contributed by atoms with Crippen molar-refractivity contribution >= 4 is 50.4 Å². The summed E-state index contributed by atoms with van der Waals surface area (Å²) in [5.74, 6) is -0.183. The van der Waals surface area contributed by atoms with Gasteiger partial charge >= 0.3 is 0 Å². The van der Waals surface area contributed by atoms with Gasteiger partial charge in [-0.1, -0.05) is 23.7 Å². The van der Waals surface area contributed by atoms with E-state index in [4.69, 9.17) is 22.1 Å². The Bertz CT molecular complexity index is 1240. The van der Waals surface area contributed by atoms with Crippen LogP contribution in [0.15, 0.2) is 54.6 Å². The molecule has 0 bridgehead atoms. The number of nitrogens with zero attached hydrogens (tertiary/aromatic N) is 1. The molecule has 2 aromatic carbocycles. The van der Waals surface area contributed by atoms with Gasteiger partial charge in [-0.3, -0.25) is 4.79 Å². The van der Waals surface area contributed by atoms with Gasteiger partial charge in [-0.25, -0.2) is 9.37 Å². The average molecular weight is 428 g/mol. The van der Waals surface area contributed by atoms with Gasteiger partial charge in [-0.2, -0.15) is 0 Å². The molecule has 4 rings (SSSR count). The maximum absolute atomic E-state index is 13.2. The molecular weight excluding hydrogens is 413 g/mol. The first kappa shape index (κ1) is 19.2. The standard InChI is InChI=1S/C21H15ClFN3O2S/c1-28-13-4-2-3-11(9-13)16-8-6-14-18(24)19(29-21(14)26-16)20(27)25-17-7-5-12(23)10-15(17)22/h2-10H,24H2,1H3,(H,25,27). The fourth-order valence-electron chi connectivity index (χ4n) is 2.88. The van der Waals surface area contributed by atoms with Crippen LogP contribution in [0.4, 0.5) is 15.8 Å². The van der Waals surface area contributed by atoms with Gasteiger partial charge in [-0.15, -0.1) is 11.3 Å². The molecule has 146 valence electrons. The summed E-state index contributed by atoms with van der Waals surface area (Å²) in [4.78, 5) is 18.3. The average Bonchev–Trinajstić information content (AvgIpc) is 3.06. The third kappa shape index (κ3) is 3.74. The molecule has 5 nitrogen and oxygen atoms in total. The van der Waals surface area contributed by atoms with E-state index in [9.17, 15) is 9.18 Å². The Labute approximate surface area is 174 Å². The number of hydrogen-bond donors (Lipinski definition) is 2. The molecule has 4 aromatic rings. The lowest BCUT2D eigenvalue weighted by atomic mass is 10.1. The van der Waals surface area contributed by atoms with E-state index in [1.807, 2.05) is 36.4 Å². The molecule has 0 aliphatic heterocycles. The number of carbonyl (C=O) groups is 1. The van der Waals surface area contributed by atoms with Crippen LogP contribution in [0, 0.1) is 5.82 Å². The van der Waals surface area contributed by atoms with Crippen molar-refractivity contribution in [1.82, 2.24) is 4.98 Å². The molecule has 0 saturated carbocycles. The van der Waals surface area contributed by atoms with Crippen LogP contribution in [0.2, 0.25) is 5.02 Å². The Hall–Kier alpha value is -3.16. The number of fused-ring (bicyclic) bond motifs is 1. The first-order valence-electron chi connectivity index (χ1n) is 8.56. The SMILES string of the molecule is COc1cccc(-c2ccc3c(N)c(C(=O)Nc4ccc(F)cc4Cl)sc3n2)c1. The molecule has 0 spiro atoms. The van der Waals surface area contributed by atoms with Gasteiger partial charge in [0.1, 0.15) is 21.3 Å². The Balaban J connectivity index is 1.68. The van der Waals surface area contributed by atoms with E-state index in [-0.39, 0.29) is 5.02 Å². The normalized spacial score (nSPS) is 10.9. The summed E-state index contributed by atoms with van der Waals surface area (Å²) in [6.07, 6.45) is 0. The molecule has 0 unspecified atom stereocenters. The summed E-state index contributed by atoms with van der Waals surface area (Å²) in [6.45, 7) is 0. The van der Waals surface area contributed by atoms with Crippen LogP contribution in [0.1, 0.15) is 9.67 Å². The highest BCUT2D eigenvalue weighted by atomic mass is 35.5. The predicted octanol–water partition coefficient (Wildman–Crippen LogP) is 5.60. The van der Waals surface area contributed by atoms with Gasteiger partial charge in [0.15, 0.2) is 0 Å². The number of halogens is 2. The lowest BCUT2D eigenvalue weighted by Gasteiger charge is -2.06. The highest BCUT2D eigenvalue weighted by Gasteiger charge is 2.19. The van der Waals surface area contributed by atoms with Crippen molar-refractivity contribution in [2.24, 2.45) is 0 Å². The Morgan fingerprint density at radius 2 is 2.03 bits per heavy atom. The molecule has 1 amide bonds. The van der Waals surface area contributed by atoms with Crippen molar-refractivity contribution in [3.8, 4) is 17.0 Å². The van der Waals surface area contributed by atoms with Gasteiger partial charge < -0.3 is 15.8 Å². The zero-order valence-corrected chi connectivity index (χ0v) is 16.8. The highest BCUT2D eigenvalue weighted by molar-refractivity contribution is 7.21. The maximum atomic E-state index is 13.2. The van der Waals surface area contributed by atoms with Gasteiger partial charge in [0.05, 0.1) is 29.2 Å². The van der Waals surface area contributed by atoms with E-state index < -0.39 is 11.7 Å². The van der Waals surface area contributed by atoms with Crippen LogP contribution in [0.25, 0.3) is 21.5 Å². The molecular formula is C21H15ClFN3O2S. The van der Waals surface area contributed by atoms with E-state index in [0.717, 1.165) is 23.1 Å². The lowest BCUT2D eigenvalue weighted by Crippen LogP contribution is -2.12. The molecule has 0 aliphatic carbocycles. The minimum absolute atomic E-state index is 0.108. The van der Waals surface area contributed by atoms with Crippen molar-refractivity contribution in [2.75, 3.05) is 18.2 Å². The summed E-state index contributed by atoms with van der Waals surface area (Å²) in [5.41, 5.74) is 8.46. The van der Waals surface area contributed by atoms with Crippen LogP contribution in [0.5, 0.6) is 5.75 Å². The number of rotatable bonds is 4. The van der Waals surface area contributed by atoms with E-state index in [2.05, 4.69) is 10.3 Å². The molecule has 2 aromatic heterocycles. The molecule has 0 atom stereocenters. The number of nitrogen functional groups attached to an aromatic ring is 1. The number of amides is 1. The Kier molecular flexibility index (Phi) is 5.08. The minimum atomic E-state index is -0.483. The van der Waals surface area contributed by atoms with Crippen LogP contribution >= 0.6 is 22.9 Å². The van der Waals surface area contributed by atoms with Gasteiger partial charge in [0.2, 0.25) is 0 Å². The topological polar surface area (TPSA) is 77.2 Å². The summed E-state index contributed by atoms with van der Waals surface area (Å²) in [5, 5.41) is 3.46. The third-order valence-corrected chi connectivity index (χ3v) is 5.77. The van der Waals surface area contributed by atoms with E-state index in [1.165, 1.54) is 23.5 Å². The van der Waals surface area contributed by atoms with Crippen molar-refractivity contribution in [3.05, 3.63) is 70.3 Å². The molecule has 0 radical (unpaired) electrons. The Morgan fingerprint density at radius 1 is 1.21 bits per heavy atom. The number of aromatic nitrogens is 1. The fraction of sp³-hybridized carbons (Fsp3) is 0.0476. The molecule has 0 aliphatic rings. The third-order valence-electron chi connectivity index (χ3n) is 4.34. The molecule has 0 fully saturated rings. The molecule has 2 heterocycles. The molecule has 29 heavy (non-hydrogen) atoms. The quantitative estimate of drug-likeness (QED) is 0.444. The number of anilines is 2. The number of carbonyl (C=O) groups excluding carboxylic acids is 1. The number of hydrogen-bond acceptors (Lipinski definition) is 5. The van der Waals surface area contributed by atoms with Crippen molar-refractivity contribution in [2.45, 2.75) is 0 Å². The Morgan fingerprint density at radius 3 is 2.79 bits per heavy atom. The number of benzene rings is 2. The minimum Gasteiger partial charge on any atom is -0.497 e. The van der Waals surface area contributed by atoms with Crippen molar-refractivity contribution in [3.63, 3.8) is 0 Å². The van der Waals surface area contributed by atoms with Gasteiger partial charge in [-0.05, 0) is 42.5 Å². The van der Waals surface area contributed by atoms with E-state index in [0.29, 0.717) is 26.5 Å². The number of nitrogens with two attached hydrogens (primary N) is 1. The van der Waals surface area contributed by atoms with Crippen LogP contribution < -0.4 is 15.8 Å².